The van der Waals surface area contributed by atoms with E-state index in [1.807, 2.05) is 30.5 Å². The third-order valence-electron chi connectivity index (χ3n) is 6.34. The lowest BCUT2D eigenvalue weighted by Crippen LogP contribution is -2.61. The van der Waals surface area contributed by atoms with Crippen molar-refractivity contribution in [1.82, 2.24) is 20.0 Å². The molecule has 0 unspecified atom stereocenters. The lowest BCUT2D eigenvalue weighted by atomic mass is 9.69. The van der Waals surface area contributed by atoms with Crippen molar-refractivity contribution in [2.24, 2.45) is 5.41 Å². The molecule has 0 saturated carbocycles. The van der Waals surface area contributed by atoms with Crippen molar-refractivity contribution in [3.8, 4) is 11.3 Å². The van der Waals surface area contributed by atoms with Crippen LogP contribution in [0.25, 0.3) is 11.3 Å². The third-order valence-corrected chi connectivity index (χ3v) is 6.59. The van der Waals surface area contributed by atoms with Crippen molar-refractivity contribution in [1.29, 1.82) is 0 Å². The number of aliphatic hydroxyl groups excluding tert-OH is 1. The number of piperidine rings is 2. The summed E-state index contributed by atoms with van der Waals surface area (Å²) in [6.07, 6.45) is 5.33. The third kappa shape index (κ3) is 3.29. The molecule has 5 nitrogen and oxygen atoms in total. The number of aromatic amines is 1. The zero-order valence-corrected chi connectivity index (χ0v) is 16.0. The summed E-state index contributed by atoms with van der Waals surface area (Å²) in [5, 5.41) is 18.2. The average molecular weight is 375 g/mol. The number of hydrogen-bond donors (Lipinski definition) is 2. The van der Waals surface area contributed by atoms with Gasteiger partial charge in [0.15, 0.2) is 0 Å². The fourth-order valence-corrected chi connectivity index (χ4v) is 4.88. The van der Waals surface area contributed by atoms with Gasteiger partial charge in [0.2, 0.25) is 0 Å². The number of halogens is 1. The minimum atomic E-state index is 0.0822. The van der Waals surface area contributed by atoms with Gasteiger partial charge >= 0.3 is 0 Å². The van der Waals surface area contributed by atoms with Gasteiger partial charge in [0, 0.05) is 35.1 Å². The normalized spacial score (nSPS) is 27.4. The van der Waals surface area contributed by atoms with Crippen molar-refractivity contribution in [2.45, 2.75) is 31.8 Å². The summed E-state index contributed by atoms with van der Waals surface area (Å²) < 4.78 is 0. The van der Waals surface area contributed by atoms with E-state index in [1.54, 1.807) is 0 Å². The molecule has 26 heavy (non-hydrogen) atoms. The van der Waals surface area contributed by atoms with Gasteiger partial charge in [-0.3, -0.25) is 10.00 Å². The molecule has 2 saturated heterocycles. The van der Waals surface area contributed by atoms with Gasteiger partial charge in [-0.25, -0.2) is 0 Å². The fourth-order valence-electron chi connectivity index (χ4n) is 4.76. The first-order valence-corrected chi connectivity index (χ1v) is 9.81. The van der Waals surface area contributed by atoms with Crippen LogP contribution in [0.4, 0.5) is 0 Å². The topological polar surface area (TPSA) is 55.4 Å². The first-order valence-electron chi connectivity index (χ1n) is 9.43. The Bertz CT molecular complexity index is 747. The van der Waals surface area contributed by atoms with E-state index in [0.717, 1.165) is 55.3 Å². The molecule has 2 atom stereocenters. The second-order valence-corrected chi connectivity index (χ2v) is 8.32. The highest BCUT2D eigenvalue weighted by molar-refractivity contribution is 6.30. The fraction of sp³-hybridized carbons (Fsp3) is 0.550. The Morgan fingerprint density at radius 1 is 1.27 bits per heavy atom. The molecular formula is C20H27ClN4O. The Morgan fingerprint density at radius 2 is 2.08 bits per heavy atom. The minimum Gasteiger partial charge on any atom is -0.396 e. The number of nitrogens with one attached hydrogen (secondary N) is 1. The van der Waals surface area contributed by atoms with Crippen LogP contribution in [-0.4, -0.2) is 64.4 Å². The van der Waals surface area contributed by atoms with Gasteiger partial charge in [0.05, 0.1) is 18.5 Å². The molecule has 0 amide bonds. The van der Waals surface area contributed by atoms with Crippen LogP contribution >= 0.6 is 11.6 Å². The predicted octanol–water partition coefficient (Wildman–Crippen LogP) is 3.01. The molecule has 2 aliphatic heterocycles. The highest BCUT2D eigenvalue weighted by Crippen LogP contribution is 2.42. The van der Waals surface area contributed by atoms with E-state index in [2.05, 4.69) is 27.0 Å². The number of aliphatic hydroxyl groups is 1. The summed E-state index contributed by atoms with van der Waals surface area (Å²) in [4.78, 5) is 4.95. The summed E-state index contributed by atoms with van der Waals surface area (Å²) in [7, 11) is 2.20. The first-order chi connectivity index (χ1) is 12.6. The standard InChI is InChI=1S/C20H27ClN4O/c1-24-9-2-7-20(14-26)8-10-25(13-18(20)24)12-16-11-22-23-19(16)15-3-5-17(21)6-4-15/h3-6,11,18,26H,2,7-10,12-14H2,1H3,(H,22,23)/t18-,20-/m1/s1. The molecule has 6 heteroatoms. The zero-order valence-electron chi connectivity index (χ0n) is 15.3. The summed E-state index contributed by atoms with van der Waals surface area (Å²) in [5.41, 5.74) is 3.47. The molecule has 4 rings (SSSR count). The van der Waals surface area contributed by atoms with E-state index in [0.29, 0.717) is 12.6 Å². The zero-order chi connectivity index (χ0) is 18.1. The summed E-state index contributed by atoms with van der Waals surface area (Å²) in [6, 6.07) is 8.31. The van der Waals surface area contributed by atoms with Crippen LogP contribution < -0.4 is 0 Å². The number of nitrogens with zero attached hydrogens (tertiary/aromatic N) is 3. The molecule has 0 spiro atoms. The number of H-pyrrole nitrogens is 1. The van der Waals surface area contributed by atoms with Gasteiger partial charge in [-0.15, -0.1) is 0 Å². The monoisotopic (exact) mass is 374 g/mol. The Hall–Kier alpha value is -1.40. The molecular weight excluding hydrogens is 348 g/mol. The smallest absolute Gasteiger partial charge is 0.0695 e. The molecule has 0 aliphatic carbocycles. The van der Waals surface area contributed by atoms with Crippen molar-refractivity contribution in [2.75, 3.05) is 33.3 Å². The second kappa shape index (κ2) is 7.31. The number of fused-ring (bicyclic) bond motifs is 1. The maximum atomic E-state index is 10.1. The van der Waals surface area contributed by atoms with E-state index in [4.69, 9.17) is 11.6 Å². The van der Waals surface area contributed by atoms with Crippen LogP contribution in [0, 0.1) is 5.41 Å². The first kappa shape index (κ1) is 18.0. The quantitative estimate of drug-likeness (QED) is 0.863. The van der Waals surface area contributed by atoms with Crippen LogP contribution in [0.3, 0.4) is 0 Å². The SMILES string of the molecule is CN1CCC[C@]2(CO)CCN(Cc3cn[nH]c3-c3ccc(Cl)cc3)C[C@@H]12. The van der Waals surface area contributed by atoms with Gasteiger partial charge in [-0.1, -0.05) is 23.7 Å². The number of rotatable bonds is 4. The number of hydrogen-bond acceptors (Lipinski definition) is 4. The maximum Gasteiger partial charge on any atom is 0.0695 e. The number of likely N-dealkylation sites (tertiary alicyclic amines) is 2. The Labute approximate surface area is 160 Å². The van der Waals surface area contributed by atoms with Crippen molar-refractivity contribution in [3.63, 3.8) is 0 Å². The van der Waals surface area contributed by atoms with Gasteiger partial charge in [0.1, 0.15) is 0 Å². The highest BCUT2D eigenvalue weighted by atomic mass is 35.5. The lowest BCUT2D eigenvalue weighted by Gasteiger charge is -2.53. The molecule has 0 radical (unpaired) electrons. The minimum absolute atomic E-state index is 0.0822. The lowest BCUT2D eigenvalue weighted by molar-refractivity contribution is -0.0684. The molecule has 1 aromatic carbocycles. The molecule has 2 N–H and O–H groups in total. The van der Waals surface area contributed by atoms with Crippen LogP contribution in [0.1, 0.15) is 24.8 Å². The summed E-state index contributed by atoms with van der Waals surface area (Å²) in [6.45, 7) is 4.33. The van der Waals surface area contributed by atoms with Crippen LogP contribution in [0.15, 0.2) is 30.5 Å². The highest BCUT2D eigenvalue weighted by Gasteiger charge is 2.46. The van der Waals surface area contributed by atoms with Gasteiger partial charge < -0.3 is 10.0 Å². The van der Waals surface area contributed by atoms with E-state index < -0.39 is 0 Å². The number of likely N-dealkylation sites (N-methyl/N-ethyl adjacent to an activating group) is 1. The van der Waals surface area contributed by atoms with E-state index in [1.165, 1.54) is 12.0 Å². The van der Waals surface area contributed by atoms with E-state index >= 15 is 0 Å². The van der Waals surface area contributed by atoms with Crippen LogP contribution in [-0.2, 0) is 6.54 Å². The Balaban J connectivity index is 1.51. The van der Waals surface area contributed by atoms with E-state index in [9.17, 15) is 5.11 Å². The van der Waals surface area contributed by atoms with Gasteiger partial charge in [-0.05, 0) is 57.1 Å². The maximum absolute atomic E-state index is 10.1. The number of aromatic nitrogens is 2. The number of benzene rings is 1. The predicted molar refractivity (Wildman–Crippen MR) is 104 cm³/mol. The molecule has 2 aliphatic rings. The van der Waals surface area contributed by atoms with Gasteiger partial charge in [0.25, 0.3) is 0 Å². The Kier molecular flexibility index (Phi) is 5.06. The molecule has 140 valence electrons. The molecule has 1 aromatic heterocycles. The molecule has 2 fully saturated rings. The average Bonchev–Trinajstić information content (AvgIpc) is 3.11. The largest absolute Gasteiger partial charge is 0.396 e. The van der Waals surface area contributed by atoms with Crippen molar-refractivity contribution >= 4 is 11.6 Å². The van der Waals surface area contributed by atoms with E-state index in [-0.39, 0.29) is 5.41 Å². The summed E-state index contributed by atoms with van der Waals surface area (Å²) in [5.74, 6) is 0. The van der Waals surface area contributed by atoms with Gasteiger partial charge in [-0.2, -0.15) is 5.10 Å². The summed E-state index contributed by atoms with van der Waals surface area (Å²) >= 11 is 6.01. The molecule has 3 heterocycles. The van der Waals surface area contributed by atoms with Crippen LogP contribution in [0.5, 0.6) is 0 Å². The second-order valence-electron chi connectivity index (χ2n) is 7.88. The van der Waals surface area contributed by atoms with Crippen LogP contribution in [0.2, 0.25) is 5.02 Å². The molecule has 0 bridgehead atoms. The van der Waals surface area contributed by atoms with Crippen molar-refractivity contribution < 1.29 is 5.11 Å². The molecule has 2 aromatic rings. The van der Waals surface area contributed by atoms with Crippen molar-refractivity contribution in [3.05, 3.63) is 41.0 Å². The Morgan fingerprint density at radius 3 is 2.85 bits per heavy atom.